The van der Waals surface area contributed by atoms with Gasteiger partial charge in [0.1, 0.15) is 0 Å². The van der Waals surface area contributed by atoms with Gasteiger partial charge in [-0.1, -0.05) is 47.9 Å². The molecular weight excluding hydrogens is 132 g/mol. The number of fused-ring (bicyclic) bond motifs is 1. The minimum atomic E-state index is -2.59. The zero-order valence-corrected chi connectivity index (χ0v) is 5.73. The molecule has 0 saturated heterocycles. The molecule has 0 amide bonds. The van der Waals surface area contributed by atoms with Gasteiger partial charge in [-0.2, -0.15) is 0 Å². The van der Waals surface area contributed by atoms with Crippen LogP contribution in [-0.2, 0) is 0 Å². The summed E-state index contributed by atoms with van der Waals surface area (Å²) in [5, 5.41) is 0.559. The molecule has 0 N–H and O–H groups in total. The molecule has 2 rings (SSSR count). The van der Waals surface area contributed by atoms with Gasteiger partial charge in [-0.25, -0.2) is 0 Å². The van der Waals surface area contributed by atoms with Gasteiger partial charge in [0.15, 0.2) is 0 Å². The van der Waals surface area contributed by atoms with Crippen LogP contribution in [0.25, 0.3) is 10.8 Å². The summed E-state index contributed by atoms with van der Waals surface area (Å²) in [4.78, 5) is 0. The van der Waals surface area contributed by atoms with Gasteiger partial charge < -0.3 is 0 Å². The highest BCUT2D eigenvalue weighted by atomic mass is 13.9. The molecule has 0 aromatic heterocycles. The van der Waals surface area contributed by atoms with Crippen LogP contribution < -0.4 is 0 Å². The van der Waals surface area contributed by atoms with Crippen molar-refractivity contribution in [3.63, 3.8) is 0 Å². The summed E-state index contributed by atoms with van der Waals surface area (Å²) < 4.78 is 52.9. The predicted octanol–water partition coefficient (Wildman–Crippen LogP) is 3.15. The Kier molecular flexibility index (Phi) is 0.509. The summed E-state index contributed by atoms with van der Waals surface area (Å²) >= 11 is 0. The van der Waals surface area contributed by atoms with E-state index in [0.717, 1.165) is 0 Å². The molecule has 0 nitrogen and oxygen atoms in total. The smallest absolute Gasteiger partial charge is 0.0616 e. The van der Waals surface area contributed by atoms with Gasteiger partial charge in [-0.05, 0) is 17.6 Å². The Morgan fingerprint density at radius 3 is 3.18 bits per heavy atom. The lowest BCUT2D eigenvalue weighted by molar-refractivity contribution is 1.51. The first-order valence-electron chi connectivity index (χ1n) is 6.74. The summed E-state index contributed by atoms with van der Waals surface area (Å²) in [7, 11) is 0. The Labute approximate surface area is 76.3 Å². The monoisotopic (exact) mass is 149 g/mol. The fraction of sp³-hybridized carbons (Fsp3) is 0.0909. The average molecular weight is 149 g/mol. The van der Waals surface area contributed by atoms with Crippen LogP contribution in [0.3, 0.4) is 0 Å². The van der Waals surface area contributed by atoms with Crippen molar-refractivity contribution >= 4 is 10.8 Å². The van der Waals surface area contributed by atoms with Crippen LogP contribution in [0.2, 0.25) is 0 Å². The highest BCUT2D eigenvalue weighted by Gasteiger charge is 1.89. The van der Waals surface area contributed by atoms with Crippen LogP contribution in [0, 0.1) is 6.85 Å². The highest BCUT2D eigenvalue weighted by molar-refractivity contribution is 5.82. The lowest BCUT2D eigenvalue weighted by Gasteiger charge is -1.96. The minimum absolute atomic E-state index is 0.163. The normalized spacial score (nSPS) is 20.5. The third-order valence-corrected chi connectivity index (χ3v) is 1.45. The Morgan fingerprint density at radius 1 is 1.27 bits per heavy atom. The first-order valence-corrected chi connectivity index (χ1v) is 3.24. The molecule has 0 aliphatic heterocycles. The molecule has 0 unspecified atom stereocenters. The SMILES string of the molecule is [2H]c1ccc2c([2H])c(C([2H])([2H])[2H])c([2H])c([2H])c2c1. The van der Waals surface area contributed by atoms with Crippen molar-refractivity contribution in [3.8, 4) is 0 Å². The van der Waals surface area contributed by atoms with Gasteiger partial charge in [0, 0.05) is 4.11 Å². The Bertz CT molecular complexity index is 628. The minimum Gasteiger partial charge on any atom is -0.0616 e. The largest absolute Gasteiger partial charge is 0.0632 e. The van der Waals surface area contributed by atoms with Crippen LogP contribution in [0.15, 0.2) is 42.4 Å². The number of hydrogen-bond donors (Lipinski definition) is 0. The zero-order chi connectivity index (χ0) is 13.7. The van der Waals surface area contributed by atoms with Gasteiger partial charge >= 0.3 is 0 Å². The fourth-order valence-corrected chi connectivity index (χ4v) is 0.939. The van der Waals surface area contributed by atoms with Crippen LogP contribution >= 0.6 is 0 Å². The second kappa shape index (κ2) is 2.39. The number of hydrogen-bond acceptors (Lipinski definition) is 0. The summed E-state index contributed by atoms with van der Waals surface area (Å²) in [6.45, 7) is -2.59. The van der Waals surface area contributed by atoms with Gasteiger partial charge in [0.2, 0.25) is 0 Å². The van der Waals surface area contributed by atoms with E-state index in [1.807, 2.05) is 0 Å². The molecule has 0 saturated carbocycles. The lowest BCUT2D eigenvalue weighted by Crippen LogP contribution is -1.73. The third-order valence-electron chi connectivity index (χ3n) is 1.45. The highest BCUT2D eigenvalue weighted by Crippen LogP contribution is 2.14. The maximum Gasteiger partial charge on any atom is 0.0632 e. The van der Waals surface area contributed by atoms with Crippen molar-refractivity contribution in [3.05, 3.63) is 47.9 Å². The number of benzene rings is 2. The predicted molar refractivity (Wildman–Crippen MR) is 48.7 cm³/mol. The van der Waals surface area contributed by atoms with E-state index in [-0.39, 0.29) is 28.9 Å². The maximum atomic E-state index is 7.88. The van der Waals surface area contributed by atoms with Crippen molar-refractivity contribution in [2.75, 3.05) is 0 Å². The first kappa shape index (κ1) is 2.34. The molecule has 0 bridgehead atoms. The molecule has 11 heavy (non-hydrogen) atoms. The Balaban J connectivity index is 2.97. The molecule has 0 spiro atoms. The first-order chi connectivity index (χ1) is 8.23. The van der Waals surface area contributed by atoms with E-state index in [4.69, 9.17) is 9.60 Å². The van der Waals surface area contributed by atoms with Crippen molar-refractivity contribution in [2.24, 2.45) is 0 Å². The lowest BCUT2D eigenvalue weighted by atomic mass is 10.1. The Morgan fingerprint density at radius 2 is 2.27 bits per heavy atom. The summed E-state index contributed by atoms with van der Waals surface area (Å²) in [6, 6.07) is 3.46. The molecule has 0 fully saturated rings. The van der Waals surface area contributed by atoms with E-state index < -0.39 is 18.5 Å². The molecular formula is C11H10. The molecule has 54 valence electrons. The van der Waals surface area contributed by atoms with Gasteiger partial charge in [0.05, 0.1) is 5.48 Å². The van der Waals surface area contributed by atoms with Crippen molar-refractivity contribution in [2.45, 2.75) is 6.85 Å². The third kappa shape index (κ3) is 1.12. The van der Waals surface area contributed by atoms with Crippen LogP contribution in [0.1, 0.15) is 15.2 Å². The van der Waals surface area contributed by atoms with E-state index in [0.29, 0.717) is 0 Å². The summed E-state index contributed by atoms with van der Waals surface area (Å²) in [5.41, 5.74) is -0.405. The summed E-state index contributed by atoms with van der Waals surface area (Å²) in [5.74, 6) is 0. The van der Waals surface area contributed by atoms with Crippen LogP contribution in [0.4, 0.5) is 0 Å². The average Bonchev–Trinajstić information content (AvgIpc) is 2.24. The van der Waals surface area contributed by atoms with Gasteiger partial charge in [0.25, 0.3) is 0 Å². The molecule has 0 radical (unpaired) electrons. The van der Waals surface area contributed by atoms with Gasteiger partial charge in [-0.3, -0.25) is 0 Å². The quantitative estimate of drug-likeness (QED) is 0.539. The van der Waals surface area contributed by atoms with Crippen LogP contribution in [0.5, 0.6) is 0 Å². The maximum absolute atomic E-state index is 7.88. The second-order valence-corrected chi connectivity index (χ2v) is 2.22. The molecule has 0 aliphatic rings. The van der Waals surface area contributed by atoms with E-state index >= 15 is 0 Å². The van der Waals surface area contributed by atoms with E-state index in [2.05, 4.69) is 0 Å². The second-order valence-electron chi connectivity index (χ2n) is 2.22. The van der Waals surface area contributed by atoms with E-state index in [9.17, 15) is 0 Å². The van der Waals surface area contributed by atoms with Crippen molar-refractivity contribution in [1.82, 2.24) is 0 Å². The van der Waals surface area contributed by atoms with Crippen molar-refractivity contribution in [1.29, 1.82) is 0 Å². The molecule has 2 aromatic carbocycles. The topological polar surface area (TPSA) is 0 Å². The standard InChI is InChI=1S/C11H10/c1-9-6-7-10-4-2-3-5-11(10)8-9/h2-8H,1H3/i1D3,2D,6D,7D,8D. The van der Waals surface area contributed by atoms with Crippen LogP contribution in [-0.4, -0.2) is 0 Å². The molecule has 0 heteroatoms. The number of rotatable bonds is 0. The fourth-order valence-electron chi connectivity index (χ4n) is 0.939. The van der Waals surface area contributed by atoms with E-state index in [1.165, 1.54) is 18.2 Å². The molecule has 2 aromatic rings. The Hall–Kier alpha value is -1.30. The van der Waals surface area contributed by atoms with Crippen molar-refractivity contribution < 1.29 is 9.60 Å². The zero-order valence-electron chi connectivity index (χ0n) is 12.7. The summed E-state index contributed by atoms with van der Waals surface area (Å²) in [6.07, 6.45) is 0. The van der Waals surface area contributed by atoms with E-state index in [1.54, 1.807) is 0 Å². The molecule has 0 atom stereocenters. The molecule has 0 aliphatic carbocycles. The van der Waals surface area contributed by atoms with Gasteiger partial charge in [-0.15, -0.1) is 0 Å². The molecule has 0 heterocycles.